The van der Waals surface area contributed by atoms with Gasteiger partial charge in [0.25, 0.3) is 11.5 Å². The van der Waals surface area contributed by atoms with Gasteiger partial charge in [0.05, 0.1) is 10.9 Å². The Morgan fingerprint density at radius 1 is 1.17 bits per heavy atom. The molecule has 0 saturated heterocycles. The molecule has 0 aliphatic heterocycles. The molecule has 10 heteroatoms. The third-order valence-electron chi connectivity index (χ3n) is 2.87. The predicted molar refractivity (Wildman–Crippen MR) is 93.0 cm³/mol. The van der Waals surface area contributed by atoms with Crippen LogP contribution in [0.1, 0.15) is 23.7 Å². The molecule has 2 aromatic heterocycles. The highest BCUT2D eigenvalue weighted by Gasteiger charge is 2.09. The van der Waals surface area contributed by atoms with Gasteiger partial charge in [-0.2, -0.15) is 0 Å². The number of H-pyrrole nitrogens is 2. The van der Waals surface area contributed by atoms with Crippen molar-refractivity contribution in [3.05, 3.63) is 38.7 Å². The first-order valence-electron chi connectivity index (χ1n) is 6.73. The lowest BCUT2D eigenvalue weighted by Gasteiger charge is -2.06. The monoisotopic (exact) mass is 363 g/mol. The molecule has 128 valence electrons. The Bertz CT molecular complexity index is 759. The molecule has 23 heavy (non-hydrogen) atoms. The fourth-order valence-electron chi connectivity index (χ4n) is 1.84. The van der Waals surface area contributed by atoms with E-state index in [4.69, 9.17) is 0 Å². The number of fused-ring (bicyclic) bond motifs is 1. The summed E-state index contributed by atoms with van der Waals surface area (Å²) in [4.78, 5) is 43.1. The number of carbonyl (C=O) groups is 1. The number of pyridine rings is 1. The number of rotatable bonds is 6. The summed E-state index contributed by atoms with van der Waals surface area (Å²) in [6.07, 6.45) is 2.36. The second-order valence-corrected chi connectivity index (χ2v) is 4.53. The van der Waals surface area contributed by atoms with Crippen molar-refractivity contribution in [1.82, 2.24) is 25.6 Å². The van der Waals surface area contributed by atoms with Gasteiger partial charge in [-0.25, -0.2) is 9.78 Å². The summed E-state index contributed by atoms with van der Waals surface area (Å²) in [5.41, 5.74) is -0.764. The summed E-state index contributed by atoms with van der Waals surface area (Å²) in [5.74, 6) is -0.312. The van der Waals surface area contributed by atoms with E-state index < -0.39 is 11.2 Å². The predicted octanol–water partition coefficient (Wildman–Crippen LogP) is 0.184. The van der Waals surface area contributed by atoms with Gasteiger partial charge in [0.2, 0.25) is 0 Å². The quantitative estimate of drug-likeness (QED) is 0.546. The third-order valence-corrected chi connectivity index (χ3v) is 2.87. The summed E-state index contributed by atoms with van der Waals surface area (Å²) in [6.45, 7) is 4.12. The summed E-state index contributed by atoms with van der Waals surface area (Å²) < 4.78 is 0. The number of aromatic amines is 2. The van der Waals surface area contributed by atoms with E-state index in [1.165, 1.54) is 12.3 Å². The van der Waals surface area contributed by atoms with Gasteiger partial charge < -0.3 is 10.6 Å². The molecule has 2 aromatic rings. The first-order chi connectivity index (χ1) is 10.1. The zero-order valence-electron chi connectivity index (χ0n) is 12.5. The molecule has 0 spiro atoms. The highest BCUT2D eigenvalue weighted by atomic mass is 35.5. The van der Waals surface area contributed by atoms with Gasteiger partial charge in [-0.05, 0) is 19.0 Å². The minimum Gasteiger partial charge on any atom is -0.351 e. The lowest BCUT2D eigenvalue weighted by atomic mass is 10.2. The zero-order chi connectivity index (χ0) is 15.2. The summed E-state index contributed by atoms with van der Waals surface area (Å²) in [5, 5.41) is 6.06. The molecule has 2 rings (SSSR count). The number of hydrogen-bond acceptors (Lipinski definition) is 5. The van der Waals surface area contributed by atoms with Crippen LogP contribution in [-0.4, -0.2) is 40.5 Å². The standard InChI is InChI=1S/C13H17N5O3.2ClH/c1-2-3-14-4-5-15-11(19)8-6-9-10(16-7-8)17-13(21)18-12(9)20;;/h6-7,14H,2-5H2,1H3,(H,15,19)(H2,16,17,18,20,21);2*1H. The number of aromatic nitrogens is 3. The van der Waals surface area contributed by atoms with Crippen LogP contribution in [0.15, 0.2) is 21.9 Å². The van der Waals surface area contributed by atoms with E-state index in [9.17, 15) is 14.4 Å². The molecule has 0 atom stereocenters. The fourth-order valence-corrected chi connectivity index (χ4v) is 1.84. The lowest BCUT2D eigenvalue weighted by Crippen LogP contribution is -2.32. The SMILES string of the molecule is CCCNCCNC(=O)c1cnc2[nH]c(=O)[nH]c(=O)c2c1.Cl.Cl. The van der Waals surface area contributed by atoms with E-state index in [1.54, 1.807) is 0 Å². The molecule has 0 fully saturated rings. The molecule has 0 bridgehead atoms. The van der Waals surface area contributed by atoms with Crippen molar-refractivity contribution in [2.45, 2.75) is 13.3 Å². The highest BCUT2D eigenvalue weighted by Crippen LogP contribution is 2.04. The maximum Gasteiger partial charge on any atom is 0.327 e. The maximum atomic E-state index is 11.9. The topological polar surface area (TPSA) is 120 Å². The molecule has 0 aromatic carbocycles. The van der Waals surface area contributed by atoms with E-state index in [-0.39, 0.29) is 47.3 Å². The molecule has 0 radical (unpaired) electrons. The summed E-state index contributed by atoms with van der Waals surface area (Å²) in [7, 11) is 0. The molecule has 0 aliphatic carbocycles. The van der Waals surface area contributed by atoms with Crippen molar-refractivity contribution in [2.24, 2.45) is 0 Å². The van der Waals surface area contributed by atoms with E-state index in [1.807, 2.05) is 0 Å². The molecule has 1 amide bonds. The Balaban J connectivity index is 0.00000242. The Labute approximate surface area is 144 Å². The Kier molecular flexibility index (Phi) is 9.16. The normalized spacial score (nSPS) is 9.78. The minimum absolute atomic E-state index is 0. The maximum absolute atomic E-state index is 11.9. The summed E-state index contributed by atoms with van der Waals surface area (Å²) >= 11 is 0. The second-order valence-electron chi connectivity index (χ2n) is 4.53. The van der Waals surface area contributed by atoms with Crippen LogP contribution >= 0.6 is 24.8 Å². The molecule has 0 saturated carbocycles. The smallest absolute Gasteiger partial charge is 0.327 e. The first-order valence-corrected chi connectivity index (χ1v) is 6.73. The lowest BCUT2D eigenvalue weighted by molar-refractivity contribution is 0.0954. The van der Waals surface area contributed by atoms with E-state index >= 15 is 0 Å². The van der Waals surface area contributed by atoms with E-state index in [0.29, 0.717) is 13.1 Å². The average Bonchev–Trinajstić information content (AvgIpc) is 2.46. The number of carbonyl (C=O) groups excluding carboxylic acids is 1. The molecule has 0 unspecified atom stereocenters. The Morgan fingerprint density at radius 2 is 1.91 bits per heavy atom. The van der Waals surface area contributed by atoms with Crippen molar-refractivity contribution in [1.29, 1.82) is 0 Å². The first kappa shape index (κ1) is 21.1. The van der Waals surface area contributed by atoms with Gasteiger partial charge in [-0.1, -0.05) is 6.92 Å². The fraction of sp³-hybridized carbons (Fsp3) is 0.385. The Hall–Kier alpha value is -1.90. The van der Waals surface area contributed by atoms with Crippen LogP contribution in [0.4, 0.5) is 0 Å². The van der Waals surface area contributed by atoms with Crippen molar-refractivity contribution in [2.75, 3.05) is 19.6 Å². The zero-order valence-corrected chi connectivity index (χ0v) is 14.1. The number of hydrogen-bond donors (Lipinski definition) is 4. The average molecular weight is 364 g/mol. The largest absolute Gasteiger partial charge is 0.351 e. The van der Waals surface area contributed by atoms with Crippen LogP contribution < -0.4 is 21.9 Å². The minimum atomic E-state index is -0.626. The van der Waals surface area contributed by atoms with Gasteiger partial charge in [0, 0.05) is 19.3 Å². The van der Waals surface area contributed by atoms with Gasteiger partial charge >= 0.3 is 5.69 Å². The second kappa shape index (κ2) is 9.98. The molecule has 8 nitrogen and oxygen atoms in total. The van der Waals surface area contributed by atoms with Gasteiger partial charge in [0.1, 0.15) is 5.65 Å². The van der Waals surface area contributed by atoms with Crippen molar-refractivity contribution in [3.63, 3.8) is 0 Å². The number of nitrogens with zero attached hydrogens (tertiary/aromatic N) is 1. The van der Waals surface area contributed by atoms with Crippen molar-refractivity contribution >= 4 is 41.8 Å². The Morgan fingerprint density at radius 3 is 2.61 bits per heavy atom. The number of nitrogens with one attached hydrogen (secondary N) is 4. The molecular weight excluding hydrogens is 345 g/mol. The van der Waals surface area contributed by atoms with Crippen molar-refractivity contribution in [3.8, 4) is 0 Å². The van der Waals surface area contributed by atoms with Gasteiger partial charge in [-0.15, -0.1) is 24.8 Å². The van der Waals surface area contributed by atoms with Crippen LogP contribution in [0.2, 0.25) is 0 Å². The highest BCUT2D eigenvalue weighted by molar-refractivity contribution is 5.96. The third kappa shape index (κ3) is 5.66. The van der Waals surface area contributed by atoms with Crippen LogP contribution in [0.5, 0.6) is 0 Å². The van der Waals surface area contributed by atoms with Gasteiger partial charge in [-0.3, -0.25) is 19.6 Å². The molecule has 0 aliphatic rings. The summed E-state index contributed by atoms with van der Waals surface area (Å²) in [6, 6.07) is 1.41. The molecule has 2 heterocycles. The number of amides is 1. The molecule has 4 N–H and O–H groups in total. The molecular formula is C13H19Cl2N5O3. The van der Waals surface area contributed by atoms with E-state index in [0.717, 1.165) is 13.0 Å². The van der Waals surface area contributed by atoms with Crippen LogP contribution in [-0.2, 0) is 0 Å². The van der Waals surface area contributed by atoms with Crippen LogP contribution in [0.3, 0.4) is 0 Å². The number of halogens is 2. The van der Waals surface area contributed by atoms with Crippen LogP contribution in [0.25, 0.3) is 11.0 Å². The van der Waals surface area contributed by atoms with Crippen LogP contribution in [0, 0.1) is 0 Å². The van der Waals surface area contributed by atoms with Gasteiger partial charge in [0.15, 0.2) is 0 Å². The van der Waals surface area contributed by atoms with Crippen molar-refractivity contribution < 1.29 is 4.79 Å². The van der Waals surface area contributed by atoms with E-state index in [2.05, 4.69) is 32.5 Å².